The van der Waals surface area contributed by atoms with E-state index < -0.39 is 0 Å². The van der Waals surface area contributed by atoms with Gasteiger partial charge in [0.25, 0.3) is 0 Å². The van der Waals surface area contributed by atoms with Gasteiger partial charge in [0.1, 0.15) is 0 Å². The molecule has 16 heavy (non-hydrogen) atoms. The molecule has 0 amide bonds. The summed E-state index contributed by atoms with van der Waals surface area (Å²) in [6.45, 7) is 0.0989. The second-order valence-electron chi connectivity index (χ2n) is 3.58. The maximum atomic E-state index is 9.31. The quantitative estimate of drug-likeness (QED) is 0.721. The van der Waals surface area contributed by atoms with Crippen molar-refractivity contribution >= 4 is 32.1 Å². The third kappa shape index (κ3) is 1.57. The first-order valence-corrected chi connectivity index (χ1v) is 6.74. The molecular weight excluding hydrogens is 236 g/mol. The summed E-state index contributed by atoms with van der Waals surface area (Å²) in [5, 5.41) is 11.4. The highest BCUT2D eigenvalue weighted by Crippen LogP contribution is 2.37. The zero-order valence-electron chi connectivity index (χ0n) is 8.51. The molecule has 1 N–H and O–H groups in total. The van der Waals surface area contributed by atoms with Crippen LogP contribution in [0.25, 0.3) is 19.8 Å². The molecule has 0 atom stereocenters. The third-order valence-electron chi connectivity index (χ3n) is 2.59. The van der Waals surface area contributed by atoms with Gasteiger partial charge in [-0.3, -0.25) is 0 Å². The molecule has 0 saturated carbocycles. The van der Waals surface area contributed by atoms with Crippen molar-refractivity contribution in [2.75, 3.05) is 0 Å². The number of fused-ring (bicyclic) bond motifs is 1. The van der Waals surface area contributed by atoms with Crippen LogP contribution in [0.1, 0.15) is 5.56 Å². The Morgan fingerprint density at radius 2 is 1.94 bits per heavy atom. The second-order valence-corrected chi connectivity index (χ2v) is 5.61. The summed E-state index contributed by atoms with van der Waals surface area (Å²) >= 11 is 3.55. The first kappa shape index (κ1) is 10.0. The summed E-state index contributed by atoms with van der Waals surface area (Å²) in [5.74, 6) is 0. The van der Waals surface area contributed by atoms with Gasteiger partial charge in [-0.1, -0.05) is 24.3 Å². The Bertz CT molecular complexity index is 593. The summed E-state index contributed by atoms with van der Waals surface area (Å²) in [6, 6.07) is 12.4. The van der Waals surface area contributed by atoms with Crippen LogP contribution in [-0.2, 0) is 6.61 Å². The third-order valence-corrected chi connectivity index (χ3v) is 4.72. The predicted octanol–water partition coefficient (Wildman–Crippen LogP) is 4.12. The van der Waals surface area contributed by atoms with Crippen LogP contribution in [0.5, 0.6) is 0 Å². The van der Waals surface area contributed by atoms with E-state index in [1.54, 1.807) is 22.7 Å². The minimum atomic E-state index is 0.0989. The summed E-state index contributed by atoms with van der Waals surface area (Å²) < 4.78 is 2.65. The molecule has 0 aliphatic heterocycles. The summed E-state index contributed by atoms with van der Waals surface area (Å²) in [5.41, 5.74) is 2.15. The lowest BCUT2D eigenvalue weighted by Crippen LogP contribution is -1.86. The van der Waals surface area contributed by atoms with E-state index in [0.29, 0.717) is 0 Å². The molecule has 1 aromatic carbocycles. The Morgan fingerprint density at radius 1 is 1.06 bits per heavy atom. The lowest BCUT2D eigenvalue weighted by Gasteiger charge is -2.03. The first-order valence-electron chi connectivity index (χ1n) is 5.04. The molecule has 0 fully saturated rings. The van der Waals surface area contributed by atoms with E-state index in [1.165, 1.54) is 14.3 Å². The first-order chi connectivity index (χ1) is 7.88. The second kappa shape index (κ2) is 4.01. The Labute approximate surface area is 102 Å². The summed E-state index contributed by atoms with van der Waals surface area (Å²) in [4.78, 5) is 1.24. The van der Waals surface area contributed by atoms with E-state index in [0.717, 1.165) is 11.1 Å². The average molecular weight is 246 g/mol. The van der Waals surface area contributed by atoms with Gasteiger partial charge in [0.2, 0.25) is 0 Å². The fraction of sp³-hybridized carbons (Fsp3) is 0.0769. The van der Waals surface area contributed by atoms with Crippen LogP contribution in [0, 0.1) is 0 Å². The number of aliphatic hydroxyl groups is 1. The number of hydrogen-bond acceptors (Lipinski definition) is 3. The molecule has 1 nitrogen and oxygen atoms in total. The molecule has 0 saturated heterocycles. The Balaban J connectivity index is 2.18. The molecule has 0 aliphatic rings. The number of hydrogen-bond donors (Lipinski definition) is 1. The van der Waals surface area contributed by atoms with Crippen molar-refractivity contribution < 1.29 is 5.11 Å². The predicted molar refractivity (Wildman–Crippen MR) is 71.1 cm³/mol. The summed E-state index contributed by atoms with van der Waals surface area (Å²) in [7, 11) is 0. The van der Waals surface area contributed by atoms with E-state index in [2.05, 4.69) is 23.6 Å². The molecule has 0 bridgehead atoms. The molecule has 3 heteroatoms. The molecule has 3 rings (SSSR count). The minimum absolute atomic E-state index is 0.0989. The topological polar surface area (TPSA) is 20.2 Å². The molecule has 0 radical (unpaired) electrons. The zero-order chi connectivity index (χ0) is 11.0. The Kier molecular flexibility index (Phi) is 2.52. The van der Waals surface area contributed by atoms with Gasteiger partial charge in [-0.05, 0) is 28.6 Å². The molecule has 0 spiro atoms. The van der Waals surface area contributed by atoms with Crippen molar-refractivity contribution in [2.24, 2.45) is 0 Å². The highest BCUT2D eigenvalue weighted by Gasteiger charge is 2.08. The van der Waals surface area contributed by atoms with Crippen LogP contribution in [0.15, 0.2) is 41.8 Å². The van der Waals surface area contributed by atoms with Gasteiger partial charge in [0.15, 0.2) is 0 Å². The van der Waals surface area contributed by atoms with Crippen molar-refractivity contribution in [2.45, 2.75) is 6.61 Å². The van der Waals surface area contributed by atoms with Crippen molar-refractivity contribution in [1.82, 2.24) is 0 Å². The van der Waals surface area contributed by atoms with E-state index in [4.69, 9.17) is 0 Å². The van der Waals surface area contributed by atoms with E-state index in [9.17, 15) is 5.11 Å². The van der Waals surface area contributed by atoms with Crippen LogP contribution in [0.3, 0.4) is 0 Å². The van der Waals surface area contributed by atoms with E-state index in [-0.39, 0.29) is 6.61 Å². The van der Waals surface area contributed by atoms with Crippen LogP contribution >= 0.6 is 22.7 Å². The van der Waals surface area contributed by atoms with Crippen molar-refractivity contribution in [3.8, 4) is 10.4 Å². The highest BCUT2D eigenvalue weighted by molar-refractivity contribution is 7.28. The van der Waals surface area contributed by atoms with Gasteiger partial charge < -0.3 is 5.11 Å². The van der Waals surface area contributed by atoms with Gasteiger partial charge in [-0.15, -0.1) is 22.7 Å². The molecule has 3 aromatic rings. The number of rotatable bonds is 2. The van der Waals surface area contributed by atoms with Gasteiger partial charge in [0.05, 0.1) is 6.61 Å². The normalized spacial score (nSPS) is 11.1. The maximum absolute atomic E-state index is 9.31. The van der Waals surface area contributed by atoms with Gasteiger partial charge in [-0.2, -0.15) is 0 Å². The molecular formula is C13H10OS2. The number of benzene rings is 1. The van der Waals surface area contributed by atoms with Gasteiger partial charge in [0, 0.05) is 14.3 Å². The average Bonchev–Trinajstić information content (AvgIpc) is 2.89. The fourth-order valence-electron chi connectivity index (χ4n) is 1.80. The lowest BCUT2D eigenvalue weighted by atomic mass is 10.1. The van der Waals surface area contributed by atoms with Crippen LogP contribution in [-0.4, -0.2) is 5.11 Å². The van der Waals surface area contributed by atoms with Crippen molar-refractivity contribution in [3.63, 3.8) is 0 Å². The van der Waals surface area contributed by atoms with Gasteiger partial charge in [-0.25, -0.2) is 0 Å². The van der Waals surface area contributed by atoms with Crippen LogP contribution < -0.4 is 0 Å². The highest BCUT2D eigenvalue weighted by atomic mass is 32.1. The van der Waals surface area contributed by atoms with Crippen LogP contribution in [0.2, 0.25) is 0 Å². The molecule has 0 unspecified atom stereocenters. The molecule has 0 aliphatic carbocycles. The smallest absolute Gasteiger partial charge is 0.0688 e. The van der Waals surface area contributed by atoms with Crippen molar-refractivity contribution in [3.05, 3.63) is 47.3 Å². The fourth-order valence-corrected chi connectivity index (χ4v) is 3.97. The largest absolute Gasteiger partial charge is 0.392 e. The van der Waals surface area contributed by atoms with Gasteiger partial charge >= 0.3 is 0 Å². The number of thiophene rings is 2. The number of aliphatic hydroxyl groups excluding tert-OH is 1. The maximum Gasteiger partial charge on any atom is 0.0688 e. The molecule has 2 aromatic heterocycles. The SMILES string of the molecule is OCc1ccccc1-c1cc2sccc2s1. The lowest BCUT2D eigenvalue weighted by molar-refractivity contribution is 0.282. The van der Waals surface area contributed by atoms with E-state index >= 15 is 0 Å². The van der Waals surface area contributed by atoms with Crippen LogP contribution in [0.4, 0.5) is 0 Å². The molecule has 2 heterocycles. The van der Waals surface area contributed by atoms with Crippen molar-refractivity contribution in [1.29, 1.82) is 0 Å². The zero-order valence-corrected chi connectivity index (χ0v) is 10.1. The monoisotopic (exact) mass is 246 g/mol. The standard InChI is InChI=1S/C13H10OS2/c14-8-9-3-1-2-4-10(9)12-7-13-11(16-12)5-6-15-13/h1-7,14H,8H2. The Hall–Kier alpha value is -1.16. The Morgan fingerprint density at radius 3 is 2.75 bits per heavy atom. The van der Waals surface area contributed by atoms with E-state index in [1.807, 2.05) is 18.2 Å². The summed E-state index contributed by atoms with van der Waals surface area (Å²) in [6.07, 6.45) is 0. The molecule has 80 valence electrons. The minimum Gasteiger partial charge on any atom is -0.392 e.